The van der Waals surface area contributed by atoms with E-state index in [4.69, 9.17) is 4.74 Å². The summed E-state index contributed by atoms with van der Waals surface area (Å²) in [5.41, 5.74) is 0.336. The average molecular weight is 370 g/mol. The van der Waals surface area contributed by atoms with Gasteiger partial charge in [-0.1, -0.05) is 33.3 Å². The van der Waals surface area contributed by atoms with Crippen LogP contribution in [0.2, 0.25) is 0 Å². The molecule has 8 heteroatoms. The third-order valence-corrected chi connectivity index (χ3v) is 5.61. The van der Waals surface area contributed by atoms with Crippen LogP contribution in [-0.2, 0) is 24.3 Å². The second kappa shape index (κ2) is 10.1. The Hall–Kier alpha value is -1.93. The van der Waals surface area contributed by atoms with E-state index in [9.17, 15) is 18.0 Å². The van der Waals surface area contributed by atoms with Gasteiger partial charge in [-0.3, -0.25) is 9.59 Å². The highest BCUT2D eigenvalue weighted by molar-refractivity contribution is 7.89. The first-order valence-corrected chi connectivity index (χ1v) is 9.84. The van der Waals surface area contributed by atoms with Crippen LogP contribution in [-0.4, -0.2) is 44.3 Å². The van der Waals surface area contributed by atoms with Crippen LogP contribution in [0.3, 0.4) is 0 Å². The quantitative estimate of drug-likeness (QED) is 0.638. The van der Waals surface area contributed by atoms with Crippen molar-refractivity contribution in [3.05, 3.63) is 24.3 Å². The van der Waals surface area contributed by atoms with Gasteiger partial charge in [0, 0.05) is 25.2 Å². The molecule has 1 amide bonds. The van der Waals surface area contributed by atoms with Gasteiger partial charge in [0.15, 0.2) is 6.61 Å². The first-order valence-electron chi connectivity index (χ1n) is 8.40. The van der Waals surface area contributed by atoms with Crippen LogP contribution in [0.4, 0.5) is 5.69 Å². The lowest BCUT2D eigenvalue weighted by Crippen LogP contribution is -2.30. The van der Waals surface area contributed by atoms with Crippen molar-refractivity contribution in [1.82, 2.24) is 4.31 Å². The number of carbonyl (C=O) groups is 2. The molecular weight excluding hydrogens is 344 g/mol. The zero-order valence-corrected chi connectivity index (χ0v) is 15.8. The van der Waals surface area contributed by atoms with E-state index in [0.29, 0.717) is 25.2 Å². The lowest BCUT2D eigenvalue weighted by Gasteiger charge is -2.18. The fourth-order valence-electron chi connectivity index (χ4n) is 2.18. The Bertz CT molecular complexity index is 684. The number of sulfonamides is 1. The molecule has 0 aliphatic carbocycles. The van der Waals surface area contributed by atoms with Gasteiger partial charge in [-0.15, -0.1) is 0 Å². The predicted molar refractivity (Wildman–Crippen MR) is 95.7 cm³/mol. The smallest absolute Gasteiger partial charge is 0.306 e. The van der Waals surface area contributed by atoms with Crippen molar-refractivity contribution in [2.45, 2.75) is 44.9 Å². The average Bonchev–Trinajstić information content (AvgIpc) is 2.59. The van der Waals surface area contributed by atoms with Gasteiger partial charge in [0.1, 0.15) is 0 Å². The van der Waals surface area contributed by atoms with E-state index in [1.54, 1.807) is 26.0 Å². The SMILES string of the molecule is CCCCC(=O)OCC(=O)Nc1cccc(S(=O)(=O)N(CC)CC)c1. The number of hydrogen-bond acceptors (Lipinski definition) is 5. The topological polar surface area (TPSA) is 92.8 Å². The fraction of sp³-hybridized carbons (Fsp3) is 0.529. The number of hydrogen-bond donors (Lipinski definition) is 1. The molecule has 0 aromatic heterocycles. The van der Waals surface area contributed by atoms with E-state index >= 15 is 0 Å². The molecule has 1 rings (SSSR count). The molecule has 1 aromatic carbocycles. The molecule has 25 heavy (non-hydrogen) atoms. The van der Waals surface area contributed by atoms with E-state index < -0.39 is 28.5 Å². The molecule has 0 saturated carbocycles. The maximum Gasteiger partial charge on any atom is 0.306 e. The second-order valence-electron chi connectivity index (χ2n) is 5.43. The van der Waals surface area contributed by atoms with Crippen molar-refractivity contribution in [1.29, 1.82) is 0 Å². The lowest BCUT2D eigenvalue weighted by atomic mass is 10.2. The number of amides is 1. The van der Waals surface area contributed by atoms with Crippen LogP contribution in [0.1, 0.15) is 40.0 Å². The molecule has 0 bridgehead atoms. The number of ether oxygens (including phenoxy) is 1. The summed E-state index contributed by atoms with van der Waals surface area (Å²) < 4.78 is 31.2. The number of nitrogens with one attached hydrogen (secondary N) is 1. The minimum atomic E-state index is -3.60. The number of carbonyl (C=O) groups excluding carboxylic acids is 2. The number of nitrogens with zero attached hydrogens (tertiary/aromatic N) is 1. The number of benzene rings is 1. The van der Waals surface area contributed by atoms with Gasteiger partial charge in [-0.25, -0.2) is 8.42 Å². The molecule has 140 valence electrons. The highest BCUT2D eigenvalue weighted by Gasteiger charge is 2.21. The number of unbranched alkanes of at least 4 members (excludes halogenated alkanes) is 1. The minimum Gasteiger partial charge on any atom is -0.456 e. The Morgan fingerprint density at radius 1 is 1.16 bits per heavy atom. The lowest BCUT2D eigenvalue weighted by molar-refractivity contribution is -0.147. The standard InChI is InChI=1S/C17H26N2O5S/c1-4-7-11-17(21)24-13-16(20)18-14-9-8-10-15(12-14)25(22,23)19(5-2)6-3/h8-10,12H,4-7,11,13H2,1-3H3,(H,18,20). The highest BCUT2D eigenvalue weighted by Crippen LogP contribution is 2.19. The molecule has 1 N–H and O–H groups in total. The number of rotatable bonds is 10. The molecule has 7 nitrogen and oxygen atoms in total. The fourth-order valence-corrected chi connectivity index (χ4v) is 3.69. The van der Waals surface area contributed by atoms with Crippen LogP contribution >= 0.6 is 0 Å². The van der Waals surface area contributed by atoms with Crippen molar-refractivity contribution < 1.29 is 22.7 Å². The molecule has 0 spiro atoms. The summed E-state index contributed by atoms with van der Waals surface area (Å²) in [6.45, 7) is 5.82. The van der Waals surface area contributed by atoms with E-state index in [-0.39, 0.29) is 11.3 Å². The van der Waals surface area contributed by atoms with Crippen molar-refractivity contribution >= 4 is 27.6 Å². The third kappa shape index (κ3) is 6.47. The van der Waals surface area contributed by atoms with Gasteiger partial charge < -0.3 is 10.1 Å². The van der Waals surface area contributed by atoms with Gasteiger partial charge in [-0.05, 0) is 24.6 Å². The Kier molecular flexibility index (Phi) is 8.57. The van der Waals surface area contributed by atoms with Crippen LogP contribution in [0.15, 0.2) is 29.2 Å². The summed E-state index contributed by atoms with van der Waals surface area (Å²) in [5.74, 6) is -0.933. The van der Waals surface area contributed by atoms with Crippen LogP contribution in [0, 0.1) is 0 Å². The highest BCUT2D eigenvalue weighted by atomic mass is 32.2. The second-order valence-corrected chi connectivity index (χ2v) is 7.37. The van der Waals surface area contributed by atoms with Crippen LogP contribution in [0.5, 0.6) is 0 Å². The molecule has 0 fully saturated rings. The van der Waals surface area contributed by atoms with Gasteiger partial charge in [0.25, 0.3) is 5.91 Å². The van der Waals surface area contributed by atoms with Crippen LogP contribution in [0.25, 0.3) is 0 Å². The Morgan fingerprint density at radius 3 is 2.44 bits per heavy atom. The first-order chi connectivity index (χ1) is 11.8. The number of esters is 1. The summed E-state index contributed by atoms with van der Waals surface area (Å²) in [6.07, 6.45) is 1.86. The molecule has 0 atom stereocenters. The van der Waals surface area contributed by atoms with E-state index in [0.717, 1.165) is 6.42 Å². The summed E-state index contributed by atoms with van der Waals surface area (Å²) in [7, 11) is -3.60. The maximum absolute atomic E-state index is 12.5. The summed E-state index contributed by atoms with van der Waals surface area (Å²) >= 11 is 0. The van der Waals surface area contributed by atoms with Crippen molar-refractivity contribution in [3.63, 3.8) is 0 Å². The van der Waals surface area contributed by atoms with E-state index in [1.807, 2.05) is 6.92 Å². The molecule has 0 aliphatic rings. The molecule has 0 heterocycles. The third-order valence-electron chi connectivity index (χ3n) is 3.56. The maximum atomic E-state index is 12.5. The zero-order valence-electron chi connectivity index (χ0n) is 14.9. The summed E-state index contributed by atoms with van der Waals surface area (Å²) in [6, 6.07) is 6.01. The zero-order chi connectivity index (χ0) is 18.9. The monoisotopic (exact) mass is 370 g/mol. The molecule has 0 saturated heterocycles. The molecule has 0 aliphatic heterocycles. The molecule has 0 unspecified atom stereocenters. The first kappa shape index (κ1) is 21.1. The van der Waals surface area contributed by atoms with Crippen molar-refractivity contribution in [3.8, 4) is 0 Å². The molecule has 0 radical (unpaired) electrons. The van der Waals surface area contributed by atoms with E-state index in [2.05, 4.69) is 5.32 Å². The largest absolute Gasteiger partial charge is 0.456 e. The van der Waals surface area contributed by atoms with Gasteiger partial charge >= 0.3 is 5.97 Å². The predicted octanol–water partition coefficient (Wildman–Crippen LogP) is 2.39. The summed E-state index contributed by atoms with van der Waals surface area (Å²) in [4.78, 5) is 23.4. The Labute approximate surface area is 149 Å². The normalized spacial score (nSPS) is 11.4. The van der Waals surface area contributed by atoms with Gasteiger partial charge in [0.05, 0.1) is 4.90 Å². The van der Waals surface area contributed by atoms with Crippen molar-refractivity contribution in [2.75, 3.05) is 25.0 Å². The minimum absolute atomic E-state index is 0.106. The van der Waals surface area contributed by atoms with Crippen molar-refractivity contribution in [2.24, 2.45) is 0 Å². The van der Waals surface area contributed by atoms with Gasteiger partial charge in [0.2, 0.25) is 10.0 Å². The van der Waals surface area contributed by atoms with Crippen LogP contribution < -0.4 is 5.32 Å². The Morgan fingerprint density at radius 2 is 1.84 bits per heavy atom. The van der Waals surface area contributed by atoms with E-state index in [1.165, 1.54) is 16.4 Å². The molecule has 1 aromatic rings. The van der Waals surface area contributed by atoms with Gasteiger partial charge in [-0.2, -0.15) is 4.31 Å². The Balaban J connectivity index is 2.72. The summed E-state index contributed by atoms with van der Waals surface area (Å²) in [5, 5.41) is 2.54. The number of anilines is 1. The molecular formula is C17H26N2O5S.